The van der Waals surface area contributed by atoms with Gasteiger partial charge in [-0.25, -0.2) is 14.4 Å². The molecule has 0 aliphatic carbocycles. The molecule has 0 radical (unpaired) electrons. The van der Waals surface area contributed by atoms with Crippen LogP contribution in [0.15, 0.2) is 18.3 Å². The van der Waals surface area contributed by atoms with Crippen molar-refractivity contribution < 1.29 is 4.39 Å². The lowest BCUT2D eigenvalue weighted by Crippen LogP contribution is -1.90. The van der Waals surface area contributed by atoms with Gasteiger partial charge in [-0.05, 0) is 19.1 Å². The van der Waals surface area contributed by atoms with Crippen LogP contribution < -0.4 is 0 Å². The molecule has 0 saturated carbocycles. The number of fused-ring (bicyclic) bond motifs is 1. The monoisotopic (exact) mass is 196 g/mol. The van der Waals surface area contributed by atoms with Crippen LogP contribution in [0, 0.1) is 12.7 Å². The molecule has 1 heterocycles. The van der Waals surface area contributed by atoms with Gasteiger partial charge in [-0.1, -0.05) is 11.6 Å². The zero-order valence-corrected chi connectivity index (χ0v) is 7.64. The lowest BCUT2D eigenvalue weighted by molar-refractivity contribution is 0.636. The van der Waals surface area contributed by atoms with E-state index in [0.717, 1.165) is 0 Å². The highest BCUT2D eigenvalue weighted by Gasteiger charge is 2.04. The molecule has 2 aromatic rings. The first-order valence-corrected chi connectivity index (χ1v) is 4.13. The fourth-order valence-corrected chi connectivity index (χ4v) is 1.37. The van der Waals surface area contributed by atoms with Gasteiger partial charge in [0, 0.05) is 16.6 Å². The molecule has 0 aliphatic rings. The molecule has 0 unspecified atom stereocenters. The van der Waals surface area contributed by atoms with E-state index in [1.54, 1.807) is 19.2 Å². The molecule has 0 amide bonds. The number of hydrogen-bond donors (Lipinski definition) is 0. The van der Waals surface area contributed by atoms with E-state index in [1.807, 2.05) is 0 Å². The van der Waals surface area contributed by atoms with Crippen molar-refractivity contribution in [3.05, 3.63) is 35.0 Å². The van der Waals surface area contributed by atoms with Gasteiger partial charge in [-0.3, -0.25) is 0 Å². The first kappa shape index (κ1) is 8.38. The fourth-order valence-electron chi connectivity index (χ4n) is 1.16. The first-order chi connectivity index (χ1) is 6.16. The molecule has 66 valence electrons. The van der Waals surface area contributed by atoms with Gasteiger partial charge >= 0.3 is 0 Å². The lowest BCUT2D eigenvalue weighted by Gasteiger charge is -1.99. The molecule has 0 bridgehead atoms. The van der Waals surface area contributed by atoms with Crippen LogP contribution in [-0.4, -0.2) is 9.97 Å². The van der Waals surface area contributed by atoms with E-state index >= 15 is 0 Å². The van der Waals surface area contributed by atoms with E-state index in [9.17, 15) is 4.39 Å². The van der Waals surface area contributed by atoms with E-state index in [1.165, 1.54) is 6.07 Å². The third-order valence-electron chi connectivity index (χ3n) is 1.72. The molecule has 0 fully saturated rings. The highest BCUT2D eigenvalue weighted by Crippen LogP contribution is 2.20. The summed E-state index contributed by atoms with van der Waals surface area (Å²) in [6.07, 6.45) is 1.56. The standard InChI is InChI=1S/C9H6ClFN2/c1-5-12-4-6-2-7(10)3-8(11)9(6)13-5/h2-4H,1H3. The zero-order chi connectivity index (χ0) is 9.42. The minimum absolute atomic E-state index is 0.317. The quantitative estimate of drug-likeness (QED) is 0.648. The smallest absolute Gasteiger partial charge is 0.151 e. The second-order valence-electron chi connectivity index (χ2n) is 2.74. The van der Waals surface area contributed by atoms with Crippen molar-refractivity contribution in [3.8, 4) is 0 Å². The largest absolute Gasteiger partial charge is 0.241 e. The van der Waals surface area contributed by atoms with Gasteiger partial charge in [-0.15, -0.1) is 0 Å². The molecule has 0 atom stereocenters. The predicted molar refractivity (Wildman–Crippen MR) is 49.2 cm³/mol. The Balaban J connectivity index is 2.87. The Bertz CT molecular complexity index is 470. The van der Waals surface area contributed by atoms with Crippen LogP contribution in [-0.2, 0) is 0 Å². The van der Waals surface area contributed by atoms with Crippen LogP contribution in [0.1, 0.15) is 5.82 Å². The van der Waals surface area contributed by atoms with Crippen LogP contribution in [0.25, 0.3) is 10.9 Å². The summed E-state index contributed by atoms with van der Waals surface area (Å²) in [7, 11) is 0. The van der Waals surface area contributed by atoms with Crippen molar-refractivity contribution in [3.63, 3.8) is 0 Å². The molecule has 0 N–H and O–H groups in total. The van der Waals surface area contributed by atoms with Crippen molar-refractivity contribution in [2.75, 3.05) is 0 Å². The van der Waals surface area contributed by atoms with Crippen molar-refractivity contribution in [1.29, 1.82) is 0 Å². The fraction of sp³-hybridized carbons (Fsp3) is 0.111. The molecule has 0 saturated heterocycles. The molecular weight excluding hydrogens is 191 g/mol. The molecule has 4 heteroatoms. The number of rotatable bonds is 0. The number of hydrogen-bond acceptors (Lipinski definition) is 2. The molecule has 1 aromatic carbocycles. The summed E-state index contributed by atoms with van der Waals surface area (Å²) in [6, 6.07) is 2.88. The molecule has 2 rings (SSSR count). The van der Waals surface area contributed by atoms with E-state index in [2.05, 4.69) is 9.97 Å². The maximum Gasteiger partial charge on any atom is 0.151 e. The second-order valence-corrected chi connectivity index (χ2v) is 3.18. The Morgan fingerprint density at radius 2 is 2.15 bits per heavy atom. The topological polar surface area (TPSA) is 25.8 Å². The predicted octanol–water partition coefficient (Wildman–Crippen LogP) is 2.73. The third kappa shape index (κ3) is 1.47. The summed E-state index contributed by atoms with van der Waals surface area (Å²) in [5.41, 5.74) is 0.317. The van der Waals surface area contributed by atoms with Crippen molar-refractivity contribution in [1.82, 2.24) is 9.97 Å². The molecule has 1 aromatic heterocycles. The van der Waals surface area contributed by atoms with Crippen LogP contribution in [0.2, 0.25) is 5.02 Å². The zero-order valence-electron chi connectivity index (χ0n) is 6.88. The lowest BCUT2D eigenvalue weighted by atomic mass is 10.2. The Labute approximate surface area is 79.4 Å². The summed E-state index contributed by atoms with van der Waals surface area (Å²) in [5, 5.41) is 0.980. The average molecular weight is 197 g/mol. The maximum absolute atomic E-state index is 13.3. The van der Waals surface area contributed by atoms with Crippen LogP contribution >= 0.6 is 11.6 Å². The minimum Gasteiger partial charge on any atom is -0.241 e. The SMILES string of the molecule is Cc1ncc2cc(Cl)cc(F)c2n1. The molecule has 0 spiro atoms. The van der Waals surface area contributed by atoms with Crippen LogP contribution in [0.3, 0.4) is 0 Å². The highest BCUT2D eigenvalue weighted by atomic mass is 35.5. The summed E-state index contributed by atoms with van der Waals surface area (Å²) in [5.74, 6) is 0.140. The van der Waals surface area contributed by atoms with Crippen LogP contribution in [0.4, 0.5) is 4.39 Å². The number of aromatic nitrogens is 2. The highest BCUT2D eigenvalue weighted by molar-refractivity contribution is 6.31. The summed E-state index contributed by atoms with van der Waals surface area (Å²) in [4.78, 5) is 7.92. The third-order valence-corrected chi connectivity index (χ3v) is 1.94. The summed E-state index contributed by atoms with van der Waals surface area (Å²) in [6.45, 7) is 1.72. The van der Waals surface area contributed by atoms with E-state index < -0.39 is 5.82 Å². The number of benzene rings is 1. The minimum atomic E-state index is -0.409. The Morgan fingerprint density at radius 1 is 1.38 bits per heavy atom. The number of aryl methyl sites for hydroxylation is 1. The maximum atomic E-state index is 13.3. The number of halogens is 2. The molecule has 2 nitrogen and oxygen atoms in total. The normalized spacial score (nSPS) is 10.7. The summed E-state index contributed by atoms with van der Waals surface area (Å²) >= 11 is 5.67. The Kier molecular flexibility index (Phi) is 1.88. The first-order valence-electron chi connectivity index (χ1n) is 3.75. The number of nitrogens with zero attached hydrogens (tertiary/aromatic N) is 2. The second kappa shape index (κ2) is 2.92. The molecular formula is C9H6ClFN2. The van der Waals surface area contributed by atoms with Gasteiger partial charge in [0.15, 0.2) is 5.82 Å². The van der Waals surface area contributed by atoms with Crippen molar-refractivity contribution >= 4 is 22.5 Å². The molecule has 0 aliphatic heterocycles. The van der Waals surface area contributed by atoms with Gasteiger partial charge in [0.25, 0.3) is 0 Å². The van der Waals surface area contributed by atoms with E-state index in [0.29, 0.717) is 21.7 Å². The summed E-state index contributed by atoms with van der Waals surface area (Å²) < 4.78 is 13.3. The average Bonchev–Trinajstić information content (AvgIpc) is 2.06. The van der Waals surface area contributed by atoms with Gasteiger partial charge in [-0.2, -0.15) is 0 Å². The van der Waals surface area contributed by atoms with Gasteiger partial charge in [0.2, 0.25) is 0 Å². The van der Waals surface area contributed by atoms with Gasteiger partial charge in [0.05, 0.1) is 0 Å². The van der Waals surface area contributed by atoms with Crippen LogP contribution in [0.5, 0.6) is 0 Å². The van der Waals surface area contributed by atoms with Crippen molar-refractivity contribution in [2.24, 2.45) is 0 Å². The Morgan fingerprint density at radius 3 is 2.92 bits per heavy atom. The van der Waals surface area contributed by atoms with Gasteiger partial charge < -0.3 is 0 Å². The Hall–Kier alpha value is -1.22. The van der Waals surface area contributed by atoms with E-state index in [-0.39, 0.29) is 0 Å². The van der Waals surface area contributed by atoms with E-state index in [4.69, 9.17) is 11.6 Å². The molecule has 13 heavy (non-hydrogen) atoms. The van der Waals surface area contributed by atoms with Gasteiger partial charge in [0.1, 0.15) is 11.3 Å². The van der Waals surface area contributed by atoms with Crippen molar-refractivity contribution in [2.45, 2.75) is 6.92 Å².